The maximum Gasteiger partial charge on any atom is 0.325 e. The summed E-state index contributed by atoms with van der Waals surface area (Å²) in [5.74, 6) is -0.959. The number of amides is 4. The maximum absolute atomic E-state index is 13.2. The first-order valence-corrected chi connectivity index (χ1v) is 11.0. The van der Waals surface area contributed by atoms with Crippen molar-refractivity contribution in [1.82, 2.24) is 20.0 Å². The van der Waals surface area contributed by atoms with Crippen molar-refractivity contribution in [3.63, 3.8) is 0 Å². The van der Waals surface area contributed by atoms with Crippen molar-refractivity contribution < 1.29 is 23.9 Å². The van der Waals surface area contributed by atoms with Gasteiger partial charge in [0.05, 0.1) is 30.7 Å². The summed E-state index contributed by atoms with van der Waals surface area (Å²) in [4.78, 5) is 55.7. The number of nitrogens with one attached hydrogen (secondary N) is 1. The fourth-order valence-corrected chi connectivity index (χ4v) is 4.59. The smallest absolute Gasteiger partial charge is 0.325 e. The molecule has 2 unspecified atom stereocenters. The standard InChI is InChI=1S/C23H28N4O5/c1-3-32-22(30)16-9-11-26(12-10-16)20(28)17-14-25(2)19-18(17)24-23(31)27(21(19)29)13-15-7-5-4-6-8-15/h4-8,14,16,18-19H,3,9-13H2,1-2H3,(H,24,31). The quantitative estimate of drug-likeness (QED) is 0.689. The van der Waals surface area contributed by atoms with E-state index < -0.39 is 18.1 Å². The van der Waals surface area contributed by atoms with Crippen molar-refractivity contribution in [2.45, 2.75) is 38.4 Å². The fourth-order valence-electron chi connectivity index (χ4n) is 4.59. The molecule has 3 aliphatic heterocycles. The fraction of sp³-hybridized carbons (Fsp3) is 0.478. The Balaban J connectivity index is 1.43. The van der Waals surface area contributed by atoms with Gasteiger partial charge in [-0.05, 0) is 25.3 Å². The third kappa shape index (κ3) is 4.06. The first kappa shape index (κ1) is 21.9. The molecule has 4 rings (SSSR count). The van der Waals surface area contributed by atoms with Gasteiger partial charge in [0.1, 0.15) is 6.04 Å². The zero-order valence-corrected chi connectivity index (χ0v) is 18.3. The number of rotatable bonds is 5. The predicted octanol–water partition coefficient (Wildman–Crippen LogP) is 1.11. The zero-order chi connectivity index (χ0) is 22.8. The number of imide groups is 1. The summed E-state index contributed by atoms with van der Waals surface area (Å²) in [5, 5.41) is 2.86. The normalized spacial score (nSPS) is 23.6. The number of likely N-dealkylation sites (tertiary alicyclic amines) is 1. The van der Waals surface area contributed by atoms with Gasteiger partial charge < -0.3 is 19.9 Å². The summed E-state index contributed by atoms with van der Waals surface area (Å²) in [6, 6.07) is 7.45. The van der Waals surface area contributed by atoms with Crippen LogP contribution in [-0.2, 0) is 25.7 Å². The van der Waals surface area contributed by atoms with Crippen LogP contribution in [0.2, 0.25) is 0 Å². The van der Waals surface area contributed by atoms with E-state index in [1.807, 2.05) is 30.3 Å². The van der Waals surface area contributed by atoms with Crippen LogP contribution in [-0.4, -0.2) is 77.3 Å². The number of fused-ring (bicyclic) bond motifs is 1. The number of ether oxygens (including phenoxy) is 1. The number of hydrogen-bond acceptors (Lipinski definition) is 6. The third-order valence-electron chi connectivity index (χ3n) is 6.31. The molecule has 0 aromatic heterocycles. The Kier molecular flexibility index (Phi) is 6.16. The molecule has 0 aliphatic carbocycles. The zero-order valence-electron chi connectivity index (χ0n) is 18.3. The molecular weight excluding hydrogens is 412 g/mol. The number of likely N-dealkylation sites (N-methyl/N-ethyl adjacent to an activating group) is 1. The van der Waals surface area contributed by atoms with Crippen LogP contribution >= 0.6 is 0 Å². The highest BCUT2D eigenvalue weighted by atomic mass is 16.5. The molecule has 2 saturated heterocycles. The molecular formula is C23H28N4O5. The molecule has 1 aromatic rings. The number of benzene rings is 1. The van der Waals surface area contributed by atoms with Gasteiger partial charge in [-0.2, -0.15) is 0 Å². The minimum absolute atomic E-state index is 0.174. The monoisotopic (exact) mass is 440 g/mol. The third-order valence-corrected chi connectivity index (χ3v) is 6.31. The minimum Gasteiger partial charge on any atom is -0.466 e. The summed E-state index contributed by atoms with van der Waals surface area (Å²) in [5.41, 5.74) is 1.25. The second kappa shape index (κ2) is 9.02. The maximum atomic E-state index is 13.2. The molecule has 9 heteroatoms. The molecule has 0 spiro atoms. The molecule has 3 heterocycles. The van der Waals surface area contributed by atoms with Crippen LogP contribution in [0.1, 0.15) is 25.3 Å². The SMILES string of the molecule is CCOC(=O)C1CCN(C(=O)C2=CN(C)C3C(=O)N(Cc4ccccc4)C(=O)NC23)CC1. The molecule has 2 atom stereocenters. The average molecular weight is 441 g/mol. The van der Waals surface area contributed by atoms with Gasteiger partial charge in [0.25, 0.3) is 11.8 Å². The van der Waals surface area contributed by atoms with E-state index in [0.717, 1.165) is 5.56 Å². The van der Waals surface area contributed by atoms with Crippen LogP contribution in [0, 0.1) is 5.92 Å². The molecule has 170 valence electrons. The summed E-state index contributed by atoms with van der Waals surface area (Å²) < 4.78 is 5.09. The second-order valence-electron chi connectivity index (χ2n) is 8.35. The van der Waals surface area contributed by atoms with E-state index in [9.17, 15) is 19.2 Å². The Morgan fingerprint density at radius 3 is 2.47 bits per heavy atom. The highest BCUT2D eigenvalue weighted by molar-refractivity contribution is 6.05. The van der Waals surface area contributed by atoms with Crippen molar-refractivity contribution in [2.75, 3.05) is 26.7 Å². The van der Waals surface area contributed by atoms with Crippen LogP contribution in [0.3, 0.4) is 0 Å². The van der Waals surface area contributed by atoms with Gasteiger partial charge in [-0.25, -0.2) is 4.79 Å². The molecule has 2 fully saturated rings. The van der Waals surface area contributed by atoms with Crippen molar-refractivity contribution in [2.24, 2.45) is 5.92 Å². The predicted molar refractivity (Wildman–Crippen MR) is 115 cm³/mol. The molecule has 0 saturated carbocycles. The number of esters is 1. The lowest BCUT2D eigenvalue weighted by atomic mass is 9.94. The Bertz CT molecular complexity index is 939. The Morgan fingerprint density at radius 2 is 1.81 bits per heavy atom. The van der Waals surface area contributed by atoms with Crippen LogP contribution in [0.5, 0.6) is 0 Å². The van der Waals surface area contributed by atoms with E-state index >= 15 is 0 Å². The lowest BCUT2D eigenvalue weighted by molar-refractivity contribution is -0.151. The van der Waals surface area contributed by atoms with Gasteiger partial charge in [0, 0.05) is 26.3 Å². The van der Waals surface area contributed by atoms with E-state index in [1.54, 1.807) is 30.0 Å². The number of hydrogen-bond donors (Lipinski definition) is 1. The minimum atomic E-state index is -0.692. The summed E-state index contributed by atoms with van der Waals surface area (Å²) >= 11 is 0. The number of urea groups is 1. The Labute approximate surface area is 187 Å². The second-order valence-corrected chi connectivity index (χ2v) is 8.35. The number of carbonyl (C=O) groups excluding carboxylic acids is 4. The number of nitrogens with zero attached hydrogens (tertiary/aromatic N) is 3. The lowest BCUT2D eigenvalue weighted by Crippen LogP contribution is -2.64. The van der Waals surface area contributed by atoms with Gasteiger partial charge in [-0.3, -0.25) is 19.3 Å². The van der Waals surface area contributed by atoms with Crippen LogP contribution in [0.15, 0.2) is 42.1 Å². The van der Waals surface area contributed by atoms with Crippen molar-refractivity contribution in [3.05, 3.63) is 47.7 Å². The highest BCUT2D eigenvalue weighted by Gasteiger charge is 2.50. The van der Waals surface area contributed by atoms with E-state index in [4.69, 9.17) is 4.74 Å². The Hall–Kier alpha value is -3.36. The first-order valence-electron chi connectivity index (χ1n) is 11.0. The van der Waals surface area contributed by atoms with E-state index in [-0.39, 0.29) is 30.2 Å². The van der Waals surface area contributed by atoms with Crippen molar-refractivity contribution >= 4 is 23.8 Å². The molecule has 4 amide bonds. The van der Waals surface area contributed by atoms with E-state index in [0.29, 0.717) is 38.1 Å². The topological polar surface area (TPSA) is 99.3 Å². The molecule has 32 heavy (non-hydrogen) atoms. The lowest BCUT2D eigenvalue weighted by Gasteiger charge is -2.38. The molecule has 0 radical (unpaired) electrons. The van der Waals surface area contributed by atoms with Gasteiger partial charge in [0.2, 0.25) is 0 Å². The average Bonchev–Trinajstić information content (AvgIpc) is 3.13. The van der Waals surface area contributed by atoms with Crippen molar-refractivity contribution in [3.8, 4) is 0 Å². The van der Waals surface area contributed by atoms with Gasteiger partial charge in [0.15, 0.2) is 0 Å². The summed E-state index contributed by atoms with van der Waals surface area (Å²) in [6.07, 6.45) is 2.73. The van der Waals surface area contributed by atoms with Gasteiger partial charge >= 0.3 is 12.0 Å². The van der Waals surface area contributed by atoms with Crippen molar-refractivity contribution in [1.29, 1.82) is 0 Å². The molecule has 1 N–H and O–H groups in total. The largest absolute Gasteiger partial charge is 0.466 e. The summed E-state index contributed by atoms with van der Waals surface area (Å²) in [7, 11) is 1.74. The van der Waals surface area contributed by atoms with Crippen LogP contribution in [0.4, 0.5) is 4.79 Å². The Morgan fingerprint density at radius 1 is 1.12 bits per heavy atom. The van der Waals surface area contributed by atoms with Crippen LogP contribution in [0.25, 0.3) is 0 Å². The van der Waals surface area contributed by atoms with E-state index in [2.05, 4.69) is 5.32 Å². The first-order chi connectivity index (χ1) is 15.4. The van der Waals surface area contributed by atoms with Crippen LogP contribution < -0.4 is 5.32 Å². The molecule has 1 aromatic carbocycles. The summed E-state index contributed by atoms with van der Waals surface area (Å²) in [6.45, 7) is 3.16. The highest BCUT2D eigenvalue weighted by Crippen LogP contribution is 2.30. The molecule has 0 bridgehead atoms. The number of carbonyl (C=O) groups is 4. The molecule has 3 aliphatic rings. The van der Waals surface area contributed by atoms with Gasteiger partial charge in [-0.15, -0.1) is 0 Å². The van der Waals surface area contributed by atoms with Gasteiger partial charge in [-0.1, -0.05) is 30.3 Å². The number of piperidine rings is 1. The molecule has 9 nitrogen and oxygen atoms in total. The van der Waals surface area contributed by atoms with E-state index in [1.165, 1.54) is 4.90 Å².